The highest BCUT2D eigenvalue weighted by molar-refractivity contribution is 5.85. The van der Waals surface area contributed by atoms with Gasteiger partial charge in [-0.3, -0.25) is 9.88 Å². The van der Waals surface area contributed by atoms with E-state index in [0.29, 0.717) is 5.56 Å². The van der Waals surface area contributed by atoms with Crippen molar-refractivity contribution in [2.75, 3.05) is 19.6 Å². The predicted octanol–water partition coefficient (Wildman–Crippen LogP) is 6.20. The summed E-state index contributed by atoms with van der Waals surface area (Å²) in [4.78, 5) is 6.91. The van der Waals surface area contributed by atoms with E-state index in [1.165, 1.54) is 28.5 Å². The fraction of sp³-hybridized carbons (Fsp3) is 0.320. The van der Waals surface area contributed by atoms with Crippen LogP contribution in [0.4, 0.5) is 13.2 Å². The van der Waals surface area contributed by atoms with Gasteiger partial charge in [-0.2, -0.15) is 13.2 Å². The van der Waals surface area contributed by atoms with Gasteiger partial charge >= 0.3 is 6.18 Å². The van der Waals surface area contributed by atoms with Crippen LogP contribution in [0.1, 0.15) is 34.5 Å². The molecule has 0 spiro atoms. The molecule has 5 heteroatoms. The largest absolute Gasteiger partial charge is 0.416 e. The van der Waals surface area contributed by atoms with Gasteiger partial charge in [-0.25, -0.2) is 0 Å². The third-order valence-corrected chi connectivity index (χ3v) is 5.79. The van der Waals surface area contributed by atoms with Crippen molar-refractivity contribution in [3.8, 4) is 0 Å². The fourth-order valence-corrected chi connectivity index (χ4v) is 4.14. The summed E-state index contributed by atoms with van der Waals surface area (Å²) < 4.78 is 38.9. The molecule has 1 aromatic heterocycles. The first-order chi connectivity index (χ1) is 14.3. The Morgan fingerprint density at radius 1 is 1.03 bits per heavy atom. The molecule has 0 radical (unpaired) electrons. The molecule has 0 atom stereocenters. The minimum absolute atomic E-state index is 0.584. The Labute approximate surface area is 175 Å². The van der Waals surface area contributed by atoms with Crippen molar-refractivity contribution in [2.45, 2.75) is 32.9 Å². The lowest BCUT2D eigenvalue weighted by Gasteiger charge is -2.26. The van der Waals surface area contributed by atoms with Crippen LogP contribution < -0.4 is 0 Å². The predicted molar refractivity (Wildman–Crippen MR) is 115 cm³/mol. The second-order valence-electron chi connectivity index (χ2n) is 8.01. The number of rotatable bonds is 4. The Balaban J connectivity index is 1.40. The maximum Gasteiger partial charge on any atom is 0.416 e. The van der Waals surface area contributed by atoms with Crippen LogP contribution in [0.5, 0.6) is 0 Å². The number of aromatic nitrogens is 1. The SMILES string of the molecule is Cc1cc2ccc(CCN3CC=C(c4cccc(C(F)(F)F)c4)CC3)cc2c(C)n1. The minimum atomic E-state index is -4.30. The van der Waals surface area contributed by atoms with E-state index in [2.05, 4.69) is 40.2 Å². The topological polar surface area (TPSA) is 16.1 Å². The molecule has 30 heavy (non-hydrogen) atoms. The van der Waals surface area contributed by atoms with Crippen molar-refractivity contribution < 1.29 is 13.2 Å². The number of halogens is 3. The van der Waals surface area contributed by atoms with Gasteiger partial charge in [-0.1, -0.05) is 30.3 Å². The second kappa shape index (κ2) is 8.23. The molecular formula is C25H25F3N2. The first-order valence-electron chi connectivity index (χ1n) is 10.3. The number of fused-ring (bicyclic) bond motifs is 1. The van der Waals surface area contributed by atoms with Gasteiger partial charge in [0.25, 0.3) is 0 Å². The van der Waals surface area contributed by atoms with Crippen molar-refractivity contribution in [3.05, 3.63) is 82.7 Å². The molecular weight excluding hydrogens is 385 g/mol. The normalized spacial score (nSPS) is 15.4. The van der Waals surface area contributed by atoms with Crippen molar-refractivity contribution in [1.29, 1.82) is 0 Å². The molecule has 0 saturated heterocycles. The smallest absolute Gasteiger partial charge is 0.299 e. The van der Waals surface area contributed by atoms with Gasteiger partial charge in [0, 0.05) is 36.4 Å². The highest BCUT2D eigenvalue weighted by Crippen LogP contribution is 2.32. The number of hydrogen-bond donors (Lipinski definition) is 0. The molecule has 156 valence electrons. The summed E-state index contributed by atoms with van der Waals surface area (Å²) in [6, 6.07) is 14.3. The van der Waals surface area contributed by atoms with E-state index in [-0.39, 0.29) is 0 Å². The summed E-state index contributed by atoms with van der Waals surface area (Å²) in [5, 5.41) is 2.42. The Bertz CT molecular complexity index is 1100. The van der Waals surface area contributed by atoms with Gasteiger partial charge in [-0.15, -0.1) is 0 Å². The van der Waals surface area contributed by atoms with E-state index in [1.54, 1.807) is 6.07 Å². The molecule has 0 N–H and O–H groups in total. The van der Waals surface area contributed by atoms with Crippen LogP contribution in [0.3, 0.4) is 0 Å². The highest BCUT2D eigenvalue weighted by atomic mass is 19.4. The Hall–Kier alpha value is -2.66. The molecule has 2 aromatic carbocycles. The summed E-state index contributed by atoms with van der Waals surface area (Å²) in [5.74, 6) is 0. The molecule has 3 aromatic rings. The van der Waals surface area contributed by atoms with E-state index in [1.807, 2.05) is 13.8 Å². The number of aryl methyl sites for hydroxylation is 2. The van der Waals surface area contributed by atoms with Gasteiger partial charge < -0.3 is 0 Å². The second-order valence-corrected chi connectivity index (χ2v) is 8.01. The Morgan fingerprint density at radius 3 is 2.60 bits per heavy atom. The third-order valence-electron chi connectivity index (χ3n) is 5.79. The molecule has 2 nitrogen and oxygen atoms in total. The molecule has 0 bridgehead atoms. The first-order valence-corrected chi connectivity index (χ1v) is 10.3. The van der Waals surface area contributed by atoms with Crippen LogP contribution in [0.15, 0.2) is 54.6 Å². The molecule has 0 amide bonds. The molecule has 4 rings (SSSR count). The number of hydrogen-bond acceptors (Lipinski definition) is 2. The Kier molecular flexibility index (Phi) is 5.65. The lowest BCUT2D eigenvalue weighted by molar-refractivity contribution is -0.137. The Morgan fingerprint density at radius 2 is 1.87 bits per heavy atom. The van der Waals surface area contributed by atoms with E-state index in [0.717, 1.165) is 55.5 Å². The first kappa shape index (κ1) is 20.6. The van der Waals surface area contributed by atoms with Gasteiger partial charge in [0.15, 0.2) is 0 Å². The maximum absolute atomic E-state index is 13.0. The van der Waals surface area contributed by atoms with Crippen LogP contribution in [0.2, 0.25) is 0 Å². The quantitative estimate of drug-likeness (QED) is 0.509. The molecule has 1 aliphatic heterocycles. The fourth-order valence-electron chi connectivity index (χ4n) is 4.14. The highest BCUT2D eigenvalue weighted by Gasteiger charge is 2.30. The van der Waals surface area contributed by atoms with Crippen molar-refractivity contribution >= 4 is 16.3 Å². The molecule has 0 saturated carbocycles. The number of pyridine rings is 1. The van der Waals surface area contributed by atoms with Crippen molar-refractivity contribution in [2.24, 2.45) is 0 Å². The van der Waals surface area contributed by atoms with E-state index >= 15 is 0 Å². The summed E-state index contributed by atoms with van der Waals surface area (Å²) >= 11 is 0. The van der Waals surface area contributed by atoms with Crippen molar-refractivity contribution in [1.82, 2.24) is 9.88 Å². The summed E-state index contributed by atoms with van der Waals surface area (Å²) in [6.45, 7) is 6.60. The van der Waals surface area contributed by atoms with Gasteiger partial charge in [-0.05, 0) is 73.0 Å². The zero-order chi connectivity index (χ0) is 21.3. The monoisotopic (exact) mass is 410 g/mol. The van der Waals surface area contributed by atoms with Crippen LogP contribution in [0, 0.1) is 13.8 Å². The van der Waals surface area contributed by atoms with E-state index in [4.69, 9.17) is 0 Å². The number of benzene rings is 2. The van der Waals surface area contributed by atoms with E-state index < -0.39 is 11.7 Å². The molecule has 1 aliphatic rings. The summed E-state index contributed by atoms with van der Waals surface area (Å²) in [6.07, 6.45) is -0.531. The zero-order valence-corrected chi connectivity index (χ0v) is 17.3. The standard InChI is InChI=1S/C25H25F3N2/c1-17-14-22-7-6-19(15-24(22)18(2)29-17)8-11-30-12-9-20(10-13-30)21-4-3-5-23(16-21)25(26,27)28/h3-7,9,14-16H,8,10-13H2,1-2H3. The van der Waals surface area contributed by atoms with Crippen LogP contribution in [-0.2, 0) is 12.6 Å². The molecule has 2 heterocycles. The van der Waals surface area contributed by atoms with Gasteiger partial charge in [0.05, 0.1) is 5.56 Å². The van der Waals surface area contributed by atoms with E-state index in [9.17, 15) is 13.2 Å². The zero-order valence-electron chi connectivity index (χ0n) is 17.3. The third kappa shape index (κ3) is 4.57. The van der Waals surface area contributed by atoms with Crippen molar-refractivity contribution in [3.63, 3.8) is 0 Å². The van der Waals surface area contributed by atoms with Gasteiger partial charge in [0.2, 0.25) is 0 Å². The van der Waals surface area contributed by atoms with Crippen LogP contribution in [-0.4, -0.2) is 29.5 Å². The van der Waals surface area contributed by atoms with Crippen LogP contribution in [0.25, 0.3) is 16.3 Å². The summed E-state index contributed by atoms with van der Waals surface area (Å²) in [7, 11) is 0. The average molecular weight is 410 g/mol. The number of alkyl halides is 3. The maximum atomic E-state index is 13.0. The minimum Gasteiger partial charge on any atom is -0.299 e. The molecule has 0 fully saturated rings. The van der Waals surface area contributed by atoms with Gasteiger partial charge in [0.1, 0.15) is 0 Å². The molecule has 0 aliphatic carbocycles. The average Bonchev–Trinajstić information content (AvgIpc) is 2.72. The summed E-state index contributed by atoms with van der Waals surface area (Å²) in [5.41, 5.74) is 4.46. The van der Waals surface area contributed by atoms with Crippen LogP contribution >= 0.6 is 0 Å². The lowest BCUT2D eigenvalue weighted by Crippen LogP contribution is -2.30. The number of nitrogens with zero attached hydrogens (tertiary/aromatic N) is 2. The lowest BCUT2D eigenvalue weighted by atomic mass is 9.97. The molecule has 0 unspecified atom stereocenters.